The van der Waals surface area contributed by atoms with E-state index < -0.39 is 18.1 Å². The average molecular weight is 441 g/mol. The van der Waals surface area contributed by atoms with E-state index in [1.165, 1.54) is 0 Å². The van der Waals surface area contributed by atoms with Gasteiger partial charge in [-0.05, 0) is 31.4 Å². The highest BCUT2D eigenvalue weighted by atomic mass is 16.6. The number of benzene rings is 1. The van der Waals surface area contributed by atoms with Crippen LogP contribution in [0.3, 0.4) is 0 Å². The molecule has 0 aromatic heterocycles. The summed E-state index contributed by atoms with van der Waals surface area (Å²) in [6, 6.07) is 7.08. The number of amidine groups is 1. The van der Waals surface area contributed by atoms with E-state index in [2.05, 4.69) is 10.5 Å². The molecule has 2 aliphatic heterocycles. The molecule has 3 amide bonds. The fourth-order valence-electron chi connectivity index (χ4n) is 4.81. The van der Waals surface area contributed by atoms with Crippen molar-refractivity contribution in [3.05, 3.63) is 35.5 Å². The van der Waals surface area contributed by atoms with Crippen molar-refractivity contribution < 1.29 is 19.2 Å². The van der Waals surface area contributed by atoms with Crippen molar-refractivity contribution >= 4 is 34.9 Å². The third-order valence-corrected chi connectivity index (χ3v) is 6.52. The lowest BCUT2D eigenvalue weighted by molar-refractivity contribution is -0.127. The number of nitrogens with two attached hydrogens (primary N) is 2. The number of likely N-dealkylation sites (N-methyl/N-ethyl adjacent to an activating group) is 1. The summed E-state index contributed by atoms with van der Waals surface area (Å²) in [5.41, 5.74) is 13.5. The van der Waals surface area contributed by atoms with E-state index in [1.54, 1.807) is 35.0 Å². The lowest BCUT2D eigenvalue weighted by Gasteiger charge is -2.33. The van der Waals surface area contributed by atoms with E-state index in [0.29, 0.717) is 30.0 Å². The minimum atomic E-state index is -0.499. The van der Waals surface area contributed by atoms with Crippen molar-refractivity contribution in [3.63, 3.8) is 0 Å². The van der Waals surface area contributed by atoms with Gasteiger partial charge in [-0.3, -0.25) is 14.4 Å². The Balaban J connectivity index is 1.41. The summed E-state index contributed by atoms with van der Waals surface area (Å²) < 4.78 is 0. The highest BCUT2D eigenvalue weighted by molar-refractivity contribution is 6.22. The molecule has 2 heterocycles. The highest BCUT2D eigenvalue weighted by Gasteiger charge is 2.51. The Hall–Kier alpha value is -3.56. The number of rotatable bonds is 6. The number of anilines is 2. The number of nitrogens with zero attached hydrogens (tertiary/aromatic N) is 3. The van der Waals surface area contributed by atoms with Gasteiger partial charge in [-0.15, -0.1) is 0 Å². The zero-order valence-corrected chi connectivity index (χ0v) is 18.1. The second kappa shape index (κ2) is 8.52. The summed E-state index contributed by atoms with van der Waals surface area (Å²) in [5.74, 6) is -0.871. The predicted molar refractivity (Wildman–Crippen MR) is 119 cm³/mol. The monoisotopic (exact) mass is 440 g/mol. The van der Waals surface area contributed by atoms with E-state index in [1.807, 2.05) is 6.07 Å². The van der Waals surface area contributed by atoms with Gasteiger partial charge in [0, 0.05) is 20.0 Å². The first-order valence-electron chi connectivity index (χ1n) is 10.8. The Morgan fingerprint density at radius 2 is 1.94 bits per heavy atom. The molecule has 0 bridgehead atoms. The topological polar surface area (TPSA) is 143 Å². The lowest BCUT2D eigenvalue weighted by Crippen LogP contribution is -2.45. The molecular weight excluding hydrogens is 412 g/mol. The quantitative estimate of drug-likeness (QED) is 0.343. The van der Waals surface area contributed by atoms with Crippen LogP contribution in [0.1, 0.15) is 38.5 Å². The molecule has 5 N–H and O–H groups in total. The molecule has 1 saturated carbocycles. The summed E-state index contributed by atoms with van der Waals surface area (Å²) in [6.07, 6.45) is 4.84. The van der Waals surface area contributed by atoms with Gasteiger partial charge in [0.15, 0.2) is 12.4 Å². The molecule has 170 valence electrons. The number of carbonyl (C=O) groups excluding carboxylic acids is 3. The second-order valence-corrected chi connectivity index (χ2v) is 8.36. The van der Waals surface area contributed by atoms with Gasteiger partial charge >= 0.3 is 0 Å². The Labute approximate surface area is 186 Å². The van der Waals surface area contributed by atoms with Gasteiger partial charge in [0.05, 0.1) is 22.6 Å². The number of hydrogen-bond donors (Lipinski definition) is 3. The Morgan fingerprint density at radius 3 is 2.62 bits per heavy atom. The van der Waals surface area contributed by atoms with Gasteiger partial charge in [-0.1, -0.05) is 30.1 Å². The maximum absolute atomic E-state index is 12.7. The van der Waals surface area contributed by atoms with Crippen LogP contribution in [-0.2, 0) is 19.2 Å². The Morgan fingerprint density at radius 1 is 1.22 bits per heavy atom. The number of carbonyl (C=O) groups is 3. The number of oxime groups is 1. The molecular formula is C22H28N6O4. The third-order valence-electron chi connectivity index (χ3n) is 6.52. The fraction of sp³-hybridized carbons (Fsp3) is 0.455. The molecule has 0 unspecified atom stereocenters. The largest absolute Gasteiger partial charge is 0.399 e. The highest BCUT2D eigenvalue weighted by Crippen LogP contribution is 2.44. The van der Waals surface area contributed by atoms with Crippen LogP contribution in [0, 0.1) is 0 Å². The van der Waals surface area contributed by atoms with Crippen LogP contribution in [0.2, 0.25) is 0 Å². The summed E-state index contributed by atoms with van der Waals surface area (Å²) in [6.45, 7) is 0.203. The maximum atomic E-state index is 12.7. The minimum Gasteiger partial charge on any atom is -0.399 e. The van der Waals surface area contributed by atoms with Crippen LogP contribution in [0.4, 0.5) is 11.4 Å². The van der Waals surface area contributed by atoms with Gasteiger partial charge in [0.25, 0.3) is 11.8 Å². The van der Waals surface area contributed by atoms with E-state index in [9.17, 15) is 14.4 Å². The first kappa shape index (κ1) is 21.7. The molecule has 4 rings (SSSR count). The van der Waals surface area contributed by atoms with E-state index in [4.69, 9.17) is 16.3 Å². The smallest absolute Gasteiger partial charge is 0.265 e. The van der Waals surface area contributed by atoms with Gasteiger partial charge < -0.3 is 31.4 Å². The van der Waals surface area contributed by atoms with Crippen molar-refractivity contribution in [2.24, 2.45) is 16.6 Å². The van der Waals surface area contributed by atoms with Crippen LogP contribution in [0.25, 0.3) is 0 Å². The maximum Gasteiger partial charge on any atom is 0.265 e. The van der Waals surface area contributed by atoms with Gasteiger partial charge in [-0.2, -0.15) is 0 Å². The number of para-hydroxylation sites is 2. The van der Waals surface area contributed by atoms with Crippen LogP contribution in [0.5, 0.6) is 0 Å². The molecule has 0 radical (unpaired) electrons. The van der Waals surface area contributed by atoms with Gasteiger partial charge in [-0.25, -0.2) is 0 Å². The summed E-state index contributed by atoms with van der Waals surface area (Å²) in [4.78, 5) is 45.6. The molecule has 3 aliphatic rings. The van der Waals surface area contributed by atoms with Crippen molar-refractivity contribution in [2.75, 3.05) is 30.4 Å². The number of hydrogen-bond acceptors (Lipinski definition) is 6. The first-order valence-corrected chi connectivity index (χ1v) is 10.8. The van der Waals surface area contributed by atoms with E-state index >= 15 is 0 Å². The molecule has 1 aliphatic carbocycles. The SMILES string of the molecule is CN1C(=O)C(/C(N)=N/OCC(=O)Nc2ccccc2N2CCCC2=O)=C(N)C12CCCC2. The zero-order chi connectivity index (χ0) is 22.9. The summed E-state index contributed by atoms with van der Waals surface area (Å²) in [5, 5.41) is 6.51. The molecule has 1 aromatic carbocycles. The van der Waals surface area contributed by atoms with Crippen molar-refractivity contribution in [1.29, 1.82) is 0 Å². The minimum absolute atomic E-state index is 0.0254. The normalized spacial score (nSPS) is 20.6. The number of nitrogens with one attached hydrogen (secondary N) is 1. The van der Waals surface area contributed by atoms with Crippen LogP contribution < -0.4 is 21.7 Å². The molecule has 1 spiro atoms. The first-order chi connectivity index (χ1) is 15.3. The van der Waals surface area contributed by atoms with Gasteiger partial charge in [0.1, 0.15) is 5.57 Å². The fourth-order valence-corrected chi connectivity index (χ4v) is 4.81. The third kappa shape index (κ3) is 3.65. The van der Waals surface area contributed by atoms with Gasteiger partial charge in [0.2, 0.25) is 5.91 Å². The summed E-state index contributed by atoms with van der Waals surface area (Å²) in [7, 11) is 1.72. The van der Waals surface area contributed by atoms with E-state index in [0.717, 1.165) is 32.1 Å². The van der Waals surface area contributed by atoms with Crippen molar-refractivity contribution in [3.8, 4) is 0 Å². The molecule has 0 atom stereocenters. The second-order valence-electron chi connectivity index (χ2n) is 8.36. The Bertz CT molecular complexity index is 1010. The molecule has 2 fully saturated rings. The lowest BCUT2D eigenvalue weighted by atomic mass is 9.93. The molecule has 1 aromatic rings. The predicted octanol–water partition coefficient (Wildman–Crippen LogP) is 1.04. The van der Waals surface area contributed by atoms with Crippen LogP contribution in [0.15, 0.2) is 40.7 Å². The standard InChI is InChI=1S/C22H28N6O4/c1-27-21(31)18(19(23)22(27)10-4-5-11-22)20(24)26-32-13-16(29)25-14-7-2-3-8-15(14)28-12-6-9-17(28)30/h2-3,7-8H,4-6,9-13,23H2,1H3,(H2,24,26)(H,25,29). The average Bonchev–Trinajstić information content (AvgIpc) is 3.47. The Kier molecular flexibility index (Phi) is 5.77. The number of amides is 3. The van der Waals surface area contributed by atoms with Crippen molar-refractivity contribution in [1.82, 2.24) is 4.90 Å². The molecule has 10 nitrogen and oxygen atoms in total. The van der Waals surface area contributed by atoms with E-state index in [-0.39, 0.29) is 23.2 Å². The van der Waals surface area contributed by atoms with Crippen LogP contribution >= 0.6 is 0 Å². The molecule has 1 saturated heterocycles. The summed E-state index contributed by atoms with van der Waals surface area (Å²) >= 11 is 0. The van der Waals surface area contributed by atoms with Crippen LogP contribution in [-0.4, -0.2) is 54.2 Å². The molecule has 32 heavy (non-hydrogen) atoms. The van der Waals surface area contributed by atoms with Crippen molar-refractivity contribution in [2.45, 2.75) is 44.1 Å². The zero-order valence-electron chi connectivity index (χ0n) is 18.1. The molecule has 10 heteroatoms.